The van der Waals surface area contributed by atoms with Crippen LogP contribution in [0.3, 0.4) is 0 Å². The maximum atomic E-state index is 12.6. The number of hydrogen-bond acceptors (Lipinski definition) is 5. The topological polar surface area (TPSA) is 88.2 Å². The molecule has 2 aromatic carbocycles. The standard InChI is InChI=1S/C20H23N3O3S2/c1-12(2)9-18(24)21-15-10-14(4)19-17(11-15)27-20(22-19)23-28(25,26)16-7-5-13(3)6-8-16/h5-8,10-12H,9H2,1-4H3,(H,21,24)(H,22,23). The Labute approximate surface area is 169 Å². The SMILES string of the molecule is Cc1ccc(S(=O)(=O)Nc2nc3c(C)cc(NC(=O)CC(C)C)cc3s2)cc1. The largest absolute Gasteiger partial charge is 0.326 e. The van der Waals surface area contributed by atoms with Crippen LogP contribution in [0, 0.1) is 19.8 Å². The van der Waals surface area contributed by atoms with Gasteiger partial charge in [-0.3, -0.25) is 9.52 Å². The third kappa shape index (κ3) is 4.69. The highest BCUT2D eigenvalue weighted by atomic mass is 32.2. The maximum Gasteiger partial charge on any atom is 0.263 e. The molecule has 1 aromatic heterocycles. The summed E-state index contributed by atoms with van der Waals surface area (Å²) in [7, 11) is -3.71. The van der Waals surface area contributed by atoms with Crippen molar-refractivity contribution in [2.24, 2.45) is 5.92 Å². The molecule has 0 spiro atoms. The van der Waals surface area contributed by atoms with Crippen molar-refractivity contribution in [3.8, 4) is 0 Å². The van der Waals surface area contributed by atoms with Crippen molar-refractivity contribution in [2.45, 2.75) is 39.0 Å². The Kier molecular flexibility index (Phi) is 5.71. The van der Waals surface area contributed by atoms with Gasteiger partial charge in [-0.1, -0.05) is 42.9 Å². The lowest BCUT2D eigenvalue weighted by Crippen LogP contribution is -2.13. The van der Waals surface area contributed by atoms with Crippen LogP contribution in [0.5, 0.6) is 0 Å². The average Bonchev–Trinajstić information content (AvgIpc) is 2.96. The number of carbonyl (C=O) groups excluding carboxylic acids is 1. The molecule has 0 aliphatic rings. The van der Waals surface area contributed by atoms with Gasteiger partial charge in [0.15, 0.2) is 5.13 Å². The molecule has 0 aliphatic heterocycles. The van der Waals surface area contributed by atoms with Crippen LogP contribution in [0.25, 0.3) is 10.2 Å². The van der Waals surface area contributed by atoms with Gasteiger partial charge in [-0.2, -0.15) is 0 Å². The van der Waals surface area contributed by atoms with E-state index in [1.165, 1.54) is 11.3 Å². The van der Waals surface area contributed by atoms with E-state index in [2.05, 4.69) is 15.0 Å². The molecule has 0 saturated carbocycles. The molecule has 0 atom stereocenters. The fourth-order valence-corrected chi connectivity index (χ4v) is 5.00. The molecule has 0 bridgehead atoms. The van der Waals surface area contributed by atoms with E-state index in [4.69, 9.17) is 0 Å². The summed E-state index contributed by atoms with van der Waals surface area (Å²) in [6.07, 6.45) is 0.446. The van der Waals surface area contributed by atoms with Gasteiger partial charge < -0.3 is 5.32 Å². The first-order chi connectivity index (χ1) is 13.1. The molecule has 0 unspecified atom stereocenters. The molecule has 1 amide bonds. The zero-order valence-electron chi connectivity index (χ0n) is 16.2. The van der Waals surface area contributed by atoms with E-state index in [0.717, 1.165) is 15.8 Å². The highest BCUT2D eigenvalue weighted by molar-refractivity contribution is 7.93. The van der Waals surface area contributed by atoms with E-state index in [0.29, 0.717) is 22.8 Å². The highest BCUT2D eigenvalue weighted by Gasteiger charge is 2.17. The summed E-state index contributed by atoms with van der Waals surface area (Å²) in [5, 5.41) is 3.19. The quantitative estimate of drug-likeness (QED) is 0.608. The second-order valence-corrected chi connectivity index (χ2v) is 9.94. The molecule has 3 rings (SSSR count). The summed E-state index contributed by atoms with van der Waals surface area (Å²) < 4.78 is 28.5. The fourth-order valence-electron chi connectivity index (χ4n) is 2.79. The normalized spacial score (nSPS) is 11.8. The summed E-state index contributed by atoms with van der Waals surface area (Å²) in [4.78, 5) is 16.6. The molecule has 148 valence electrons. The zero-order chi connectivity index (χ0) is 20.5. The van der Waals surface area contributed by atoms with Crippen molar-refractivity contribution in [1.29, 1.82) is 0 Å². The van der Waals surface area contributed by atoms with Crippen molar-refractivity contribution in [3.05, 3.63) is 47.5 Å². The predicted octanol–water partition coefficient (Wildman–Crippen LogP) is 4.70. The third-order valence-corrected chi connectivity index (χ3v) is 6.52. The summed E-state index contributed by atoms with van der Waals surface area (Å²) in [5.41, 5.74) is 3.26. The minimum Gasteiger partial charge on any atom is -0.326 e. The third-order valence-electron chi connectivity index (χ3n) is 4.12. The first-order valence-corrected chi connectivity index (χ1v) is 11.2. The first-order valence-electron chi connectivity index (χ1n) is 8.94. The van der Waals surface area contributed by atoms with E-state index in [9.17, 15) is 13.2 Å². The number of benzene rings is 2. The predicted molar refractivity (Wildman–Crippen MR) is 114 cm³/mol. The Bertz CT molecular complexity index is 1120. The van der Waals surface area contributed by atoms with Crippen LogP contribution in [0.4, 0.5) is 10.8 Å². The van der Waals surface area contributed by atoms with Gasteiger partial charge in [0, 0.05) is 12.1 Å². The van der Waals surface area contributed by atoms with Crippen molar-refractivity contribution in [3.63, 3.8) is 0 Å². The Morgan fingerprint density at radius 1 is 1.14 bits per heavy atom. The molecule has 2 N–H and O–H groups in total. The number of sulfonamides is 1. The lowest BCUT2D eigenvalue weighted by Gasteiger charge is -2.08. The molecule has 0 radical (unpaired) electrons. The van der Waals surface area contributed by atoms with Gasteiger partial charge in [-0.25, -0.2) is 13.4 Å². The molecule has 3 aromatic rings. The van der Waals surface area contributed by atoms with Crippen LogP contribution in [-0.2, 0) is 14.8 Å². The van der Waals surface area contributed by atoms with E-state index >= 15 is 0 Å². The molecule has 0 fully saturated rings. The van der Waals surface area contributed by atoms with E-state index in [-0.39, 0.29) is 16.7 Å². The minimum absolute atomic E-state index is 0.0430. The van der Waals surface area contributed by atoms with Gasteiger partial charge in [-0.05, 0) is 49.6 Å². The lowest BCUT2D eigenvalue weighted by molar-refractivity contribution is -0.116. The van der Waals surface area contributed by atoms with E-state index < -0.39 is 10.0 Å². The van der Waals surface area contributed by atoms with Crippen LogP contribution >= 0.6 is 11.3 Å². The number of thiazole rings is 1. The Hall–Kier alpha value is -2.45. The summed E-state index contributed by atoms with van der Waals surface area (Å²) in [6, 6.07) is 10.3. The molecule has 8 heteroatoms. The van der Waals surface area contributed by atoms with Gasteiger partial charge in [0.05, 0.1) is 15.1 Å². The van der Waals surface area contributed by atoms with Crippen molar-refractivity contribution in [1.82, 2.24) is 4.98 Å². The van der Waals surface area contributed by atoms with Crippen molar-refractivity contribution < 1.29 is 13.2 Å². The smallest absolute Gasteiger partial charge is 0.263 e. The Morgan fingerprint density at radius 2 is 1.82 bits per heavy atom. The monoisotopic (exact) mass is 417 g/mol. The van der Waals surface area contributed by atoms with Gasteiger partial charge in [0.2, 0.25) is 5.91 Å². The van der Waals surface area contributed by atoms with Gasteiger partial charge >= 0.3 is 0 Å². The van der Waals surface area contributed by atoms with Crippen LogP contribution in [0.2, 0.25) is 0 Å². The molecule has 6 nitrogen and oxygen atoms in total. The van der Waals surface area contributed by atoms with Crippen LogP contribution in [0.1, 0.15) is 31.4 Å². The van der Waals surface area contributed by atoms with E-state index in [1.54, 1.807) is 24.3 Å². The second-order valence-electron chi connectivity index (χ2n) is 7.22. The molecule has 1 heterocycles. The summed E-state index contributed by atoms with van der Waals surface area (Å²) >= 11 is 1.24. The number of amides is 1. The molecular formula is C20H23N3O3S2. The lowest BCUT2D eigenvalue weighted by atomic mass is 10.1. The summed E-state index contributed by atoms with van der Waals surface area (Å²) in [5.74, 6) is 0.231. The molecule has 28 heavy (non-hydrogen) atoms. The van der Waals surface area contributed by atoms with Crippen LogP contribution in [0.15, 0.2) is 41.3 Å². The molecular weight excluding hydrogens is 394 g/mol. The molecule has 0 saturated heterocycles. The number of aromatic nitrogens is 1. The first kappa shape index (κ1) is 20.3. The van der Waals surface area contributed by atoms with Gasteiger partial charge in [0.1, 0.15) is 0 Å². The highest BCUT2D eigenvalue weighted by Crippen LogP contribution is 2.32. The number of rotatable bonds is 6. The molecule has 0 aliphatic carbocycles. The summed E-state index contributed by atoms with van der Waals surface area (Å²) in [6.45, 7) is 7.77. The number of fused-ring (bicyclic) bond motifs is 1. The minimum atomic E-state index is -3.71. The Balaban J connectivity index is 1.86. The van der Waals surface area contributed by atoms with Crippen molar-refractivity contribution in [2.75, 3.05) is 10.0 Å². The van der Waals surface area contributed by atoms with Gasteiger partial charge in [0.25, 0.3) is 10.0 Å². The number of nitrogens with zero attached hydrogens (tertiary/aromatic N) is 1. The van der Waals surface area contributed by atoms with E-state index in [1.807, 2.05) is 39.8 Å². The average molecular weight is 418 g/mol. The Morgan fingerprint density at radius 3 is 2.46 bits per heavy atom. The fraction of sp³-hybridized carbons (Fsp3) is 0.300. The number of carbonyl (C=O) groups is 1. The second kappa shape index (κ2) is 7.89. The number of aryl methyl sites for hydroxylation is 2. The zero-order valence-corrected chi connectivity index (χ0v) is 17.9. The van der Waals surface area contributed by atoms with Crippen LogP contribution in [-0.4, -0.2) is 19.3 Å². The number of nitrogens with one attached hydrogen (secondary N) is 2. The number of anilines is 2. The van der Waals surface area contributed by atoms with Crippen molar-refractivity contribution >= 4 is 48.3 Å². The number of hydrogen-bond donors (Lipinski definition) is 2. The van der Waals surface area contributed by atoms with Crippen LogP contribution < -0.4 is 10.0 Å². The maximum absolute atomic E-state index is 12.6. The van der Waals surface area contributed by atoms with Gasteiger partial charge in [-0.15, -0.1) is 0 Å².